The summed E-state index contributed by atoms with van der Waals surface area (Å²) >= 11 is 0. The van der Waals surface area contributed by atoms with E-state index in [1.165, 1.54) is 0 Å². The predicted molar refractivity (Wildman–Crippen MR) is 80.3 cm³/mol. The van der Waals surface area contributed by atoms with Crippen molar-refractivity contribution >= 4 is 14.1 Å². The summed E-state index contributed by atoms with van der Waals surface area (Å²) in [6, 6.07) is 7.65. The molecule has 1 aliphatic rings. The molecule has 1 heterocycles. The predicted octanol–water partition coefficient (Wildman–Crippen LogP) is 3.08. The van der Waals surface area contributed by atoms with Crippen LogP contribution in [0.5, 0.6) is 5.75 Å². The first-order valence-electron chi connectivity index (χ1n) is 7.00. The molecule has 0 aromatic heterocycles. The van der Waals surface area contributed by atoms with Crippen molar-refractivity contribution in [3.63, 3.8) is 0 Å². The summed E-state index contributed by atoms with van der Waals surface area (Å²) in [5.41, 5.74) is 0.815. The molecule has 0 radical (unpaired) electrons. The third-order valence-electron chi connectivity index (χ3n) is 3.27. The molecule has 0 spiro atoms. The maximum Gasteiger partial charge on any atom is 0.242 e. The second-order valence-electron chi connectivity index (χ2n) is 6.13. The zero-order valence-corrected chi connectivity index (χ0v) is 13.0. The van der Waals surface area contributed by atoms with Crippen LogP contribution in [-0.2, 0) is 0 Å². The molecule has 0 bridgehead atoms. The first-order valence-corrected chi connectivity index (χ1v) is 10.4. The van der Waals surface area contributed by atoms with Gasteiger partial charge in [0.2, 0.25) is 8.32 Å². The van der Waals surface area contributed by atoms with Crippen LogP contribution in [0, 0.1) is 5.92 Å². The van der Waals surface area contributed by atoms with E-state index in [4.69, 9.17) is 4.43 Å². The lowest BCUT2D eigenvalue weighted by Crippen LogP contribution is -2.32. The fourth-order valence-corrected chi connectivity index (χ4v) is 3.20. The van der Waals surface area contributed by atoms with E-state index in [1.807, 2.05) is 24.3 Å². The van der Waals surface area contributed by atoms with Crippen LogP contribution in [0.3, 0.4) is 0 Å². The Morgan fingerprint density at radius 3 is 2.26 bits per heavy atom. The number of carbonyl (C=O) groups excluding carboxylic acids is 1. The molecule has 1 saturated heterocycles. The van der Waals surface area contributed by atoms with Gasteiger partial charge >= 0.3 is 0 Å². The molecule has 1 fully saturated rings. The summed E-state index contributed by atoms with van der Waals surface area (Å²) in [6.07, 6.45) is 1.90. The van der Waals surface area contributed by atoms with Crippen molar-refractivity contribution < 1.29 is 9.22 Å². The molecular formula is C15H23NO2Si. The highest BCUT2D eigenvalue weighted by Gasteiger charge is 2.22. The molecule has 1 aromatic carbocycles. The van der Waals surface area contributed by atoms with Gasteiger partial charge in [-0.15, -0.1) is 0 Å². The van der Waals surface area contributed by atoms with E-state index in [9.17, 15) is 4.79 Å². The minimum atomic E-state index is -1.57. The van der Waals surface area contributed by atoms with Crippen LogP contribution in [0.2, 0.25) is 19.6 Å². The summed E-state index contributed by atoms with van der Waals surface area (Å²) in [5, 5.41) is 3.29. The summed E-state index contributed by atoms with van der Waals surface area (Å²) < 4.78 is 5.90. The Bertz CT molecular complexity index is 430. The zero-order valence-electron chi connectivity index (χ0n) is 12.0. The third kappa shape index (κ3) is 4.18. The van der Waals surface area contributed by atoms with E-state index in [2.05, 4.69) is 25.0 Å². The minimum absolute atomic E-state index is 0.185. The van der Waals surface area contributed by atoms with Crippen LogP contribution in [0.15, 0.2) is 24.3 Å². The number of carbonyl (C=O) groups is 1. The van der Waals surface area contributed by atoms with Crippen LogP contribution < -0.4 is 9.74 Å². The Balaban J connectivity index is 2.03. The Morgan fingerprint density at radius 1 is 1.16 bits per heavy atom. The molecule has 3 nitrogen and oxygen atoms in total. The van der Waals surface area contributed by atoms with Crippen LogP contribution in [0.4, 0.5) is 0 Å². The number of piperidine rings is 1. The molecular weight excluding hydrogens is 254 g/mol. The van der Waals surface area contributed by atoms with Gasteiger partial charge in [0, 0.05) is 11.5 Å². The molecule has 4 heteroatoms. The van der Waals surface area contributed by atoms with E-state index in [0.717, 1.165) is 37.2 Å². The second kappa shape index (κ2) is 5.88. The number of nitrogens with one attached hydrogen (secondary N) is 1. The molecule has 0 unspecified atom stereocenters. The lowest BCUT2D eigenvalue weighted by molar-refractivity contribution is 0.0895. The first-order chi connectivity index (χ1) is 8.96. The van der Waals surface area contributed by atoms with Crippen LogP contribution in [0.1, 0.15) is 23.2 Å². The van der Waals surface area contributed by atoms with Gasteiger partial charge in [-0.1, -0.05) is 0 Å². The van der Waals surface area contributed by atoms with Crippen molar-refractivity contribution in [3.8, 4) is 5.75 Å². The molecule has 1 aromatic rings. The van der Waals surface area contributed by atoms with Crippen molar-refractivity contribution in [2.45, 2.75) is 32.5 Å². The van der Waals surface area contributed by atoms with Gasteiger partial charge in [0.15, 0.2) is 5.78 Å². The Labute approximate surface area is 116 Å². The van der Waals surface area contributed by atoms with E-state index in [1.54, 1.807) is 0 Å². The number of ketones is 1. The maximum absolute atomic E-state index is 12.3. The third-order valence-corrected chi connectivity index (χ3v) is 4.12. The lowest BCUT2D eigenvalue weighted by atomic mass is 9.90. The summed E-state index contributed by atoms with van der Waals surface area (Å²) in [5.74, 6) is 1.34. The Morgan fingerprint density at radius 2 is 1.74 bits per heavy atom. The normalized spacial score (nSPS) is 17.2. The fourth-order valence-electron chi connectivity index (χ4n) is 2.36. The average Bonchev–Trinajstić information content (AvgIpc) is 2.38. The summed E-state index contributed by atoms with van der Waals surface area (Å²) in [6.45, 7) is 8.36. The maximum atomic E-state index is 12.3. The molecule has 0 atom stereocenters. The van der Waals surface area contributed by atoms with Crippen molar-refractivity contribution in [2.75, 3.05) is 13.1 Å². The Kier molecular flexibility index (Phi) is 4.42. The van der Waals surface area contributed by atoms with E-state index in [0.29, 0.717) is 0 Å². The minimum Gasteiger partial charge on any atom is -0.544 e. The molecule has 0 saturated carbocycles. The standard InChI is InChI=1S/C15H23NO2Si/c1-19(2,3)18-14-6-4-12(5-7-14)15(17)13-8-10-16-11-9-13/h4-7,13,16H,8-11H2,1-3H3. The van der Waals surface area contributed by atoms with Gasteiger partial charge in [-0.05, 0) is 69.8 Å². The number of hydrogen-bond acceptors (Lipinski definition) is 3. The van der Waals surface area contributed by atoms with Gasteiger partial charge in [-0.2, -0.15) is 0 Å². The van der Waals surface area contributed by atoms with Gasteiger partial charge in [0.1, 0.15) is 5.75 Å². The quantitative estimate of drug-likeness (QED) is 0.679. The monoisotopic (exact) mass is 277 g/mol. The largest absolute Gasteiger partial charge is 0.544 e. The van der Waals surface area contributed by atoms with Crippen molar-refractivity contribution in [1.29, 1.82) is 0 Å². The average molecular weight is 277 g/mol. The zero-order chi connectivity index (χ0) is 13.9. The van der Waals surface area contributed by atoms with E-state index in [-0.39, 0.29) is 11.7 Å². The van der Waals surface area contributed by atoms with Gasteiger partial charge in [-0.25, -0.2) is 0 Å². The number of hydrogen-bond donors (Lipinski definition) is 1. The van der Waals surface area contributed by atoms with Gasteiger partial charge in [0.05, 0.1) is 0 Å². The first kappa shape index (κ1) is 14.3. The van der Waals surface area contributed by atoms with Crippen molar-refractivity contribution in [1.82, 2.24) is 5.32 Å². The molecule has 1 N–H and O–H groups in total. The lowest BCUT2D eigenvalue weighted by Gasteiger charge is -2.22. The smallest absolute Gasteiger partial charge is 0.242 e. The molecule has 1 aliphatic heterocycles. The summed E-state index contributed by atoms with van der Waals surface area (Å²) in [4.78, 5) is 12.3. The number of rotatable bonds is 4. The molecule has 2 rings (SSSR count). The molecule has 0 amide bonds. The van der Waals surface area contributed by atoms with Crippen molar-refractivity contribution in [3.05, 3.63) is 29.8 Å². The number of benzene rings is 1. The van der Waals surface area contributed by atoms with Crippen LogP contribution in [0.25, 0.3) is 0 Å². The van der Waals surface area contributed by atoms with Crippen LogP contribution >= 0.6 is 0 Å². The molecule has 19 heavy (non-hydrogen) atoms. The van der Waals surface area contributed by atoms with Crippen LogP contribution in [-0.4, -0.2) is 27.2 Å². The fraction of sp³-hybridized carbons (Fsp3) is 0.533. The van der Waals surface area contributed by atoms with E-state index < -0.39 is 8.32 Å². The highest BCUT2D eigenvalue weighted by atomic mass is 28.4. The Hall–Kier alpha value is -1.13. The van der Waals surface area contributed by atoms with Gasteiger partial charge in [0.25, 0.3) is 0 Å². The molecule has 0 aliphatic carbocycles. The topological polar surface area (TPSA) is 38.3 Å². The highest BCUT2D eigenvalue weighted by molar-refractivity contribution is 6.70. The number of Topliss-reactive ketones (excluding diaryl/α,β-unsaturated/α-hetero) is 1. The molecule has 104 valence electrons. The van der Waals surface area contributed by atoms with Gasteiger partial charge in [-0.3, -0.25) is 4.79 Å². The summed E-state index contributed by atoms with van der Waals surface area (Å²) in [7, 11) is -1.57. The van der Waals surface area contributed by atoms with Crippen molar-refractivity contribution in [2.24, 2.45) is 5.92 Å². The highest BCUT2D eigenvalue weighted by Crippen LogP contribution is 2.21. The van der Waals surface area contributed by atoms with E-state index >= 15 is 0 Å². The SMILES string of the molecule is C[Si](C)(C)Oc1ccc(C(=O)C2CCNCC2)cc1. The van der Waals surface area contributed by atoms with Gasteiger partial charge < -0.3 is 9.74 Å². The second-order valence-corrected chi connectivity index (χ2v) is 10.6.